The van der Waals surface area contributed by atoms with E-state index in [0.717, 1.165) is 62.8 Å². The third-order valence-corrected chi connectivity index (χ3v) is 5.93. The summed E-state index contributed by atoms with van der Waals surface area (Å²) in [6.45, 7) is 6.24. The van der Waals surface area contributed by atoms with Crippen molar-refractivity contribution in [1.29, 1.82) is 0 Å². The highest BCUT2D eigenvalue weighted by Crippen LogP contribution is 2.20. The van der Waals surface area contributed by atoms with E-state index < -0.39 is 0 Å². The molecule has 0 spiro atoms. The van der Waals surface area contributed by atoms with Gasteiger partial charge in [0, 0.05) is 62.1 Å². The van der Waals surface area contributed by atoms with Gasteiger partial charge in [-0.15, -0.1) is 0 Å². The molecule has 2 aromatic carbocycles. The molecule has 6 heteroatoms. The summed E-state index contributed by atoms with van der Waals surface area (Å²) in [7, 11) is 0. The second kappa shape index (κ2) is 9.61. The fraction of sp³-hybridized carbons (Fsp3) is 0.435. The molecule has 0 saturated carbocycles. The summed E-state index contributed by atoms with van der Waals surface area (Å²) >= 11 is 5.99. The first-order chi connectivity index (χ1) is 14.2. The monoisotopic (exact) mass is 413 g/mol. The molecule has 2 fully saturated rings. The summed E-state index contributed by atoms with van der Waals surface area (Å²) in [5, 5.41) is 3.78. The van der Waals surface area contributed by atoms with E-state index >= 15 is 0 Å². The first-order valence-electron chi connectivity index (χ1n) is 10.4. The average Bonchev–Trinajstić information content (AvgIpc) is 3.27. The van der Waals surface area contributed by atoms with Crippen LogP contribution >= 0.6 is 11.6 Å². The van der Waals surface area contributed by atoms with Crippen LogP contribution in [0.5, 0.6) is 0 Å². The van der Waals surface area contributed by atoms with Crippen LogP contribution in [-0.4, -0.2) is 56.2 Å². The van der Waals surface area contributed by atoms with Gasteiger partial charge >= 0.3 is 0 Å². The molecule has 2 aliphatic rings. The Bertz CT molecular complexity index is 813. The van der Waals surface area contributed by atoms with E-state index in [1.54, 1.807) is 0 Å². The summed E-state index contributed by atoms with van der Waals surface area (Å²) in [4.78, 5) is 17.3. The molecule has 2 saturated heterocycles. The smallest absolute Gasteiger partial charge is 0.251 e. The van der Waals surface area contributed by atoms with Gasteiger partial charge in [0.05, 0.1) is 6.10 Å². The first kappa shape index (κ1) is 20.2. The minimum atomic E-state index is -0.0186. The summed E-state index contributed by atoms with van der Waals surface area (Å²) < 4.78 is 5.58. The summed E-state index contributed by atoms with van der Waals surface area (Å²) in [6, 6.07) is 16.0. The zero-order chi connectivity index (χ0) is 20.1. The normalized spacial score (nSPS) is 20.0. The van der Waals surface area contributed by atoms with Gasteiger partial charge in [-0.3, -0.25) is 9.69 Å². The fourth-order valence-electron chi connectivity index (χ4n) is 4.00. The predicted octanol–water partition coefficient (Wildman–Crippen LogP) is 3.57. The number of carbonyl (C=O) groups excluding carboxylic acids is 1. The highest BCUT2D eigenvalue weighted by atomic mass is 35.5. The van der Waals surface area contributed by atoms with Gasteiger partial charge in [-0.25, -0.2) is 0 Å². The van der Waals surface area contributed by atoms with Gasteiger partial charge < -0.3 is 15.0 Å². The Balaban J connectivity index is 1.28. The summed E-state index contributed by atoms with van der Waals surface area (Å²) in [5.41, 5.74) is 3.12. The molecule has 5 nitrogen and oxygen atoms in total. The Morgan fingerprint density at radius 1 is 1.10 bits per heavy atom. The van der Waals surface area contributed by atoms with Crippen molar-refractivity contribution in [1.82, 2.24) is 10.2 Å². The number of amides is 1. The quantitative estimate of drug-likeness (QED) is 0.786. The Morgan fingerprint density at radius 3 is 2.62 bits per heavy atom. The maximum Gasteiger partial charge on any atom is 0.251 e. The number of nitrogens with one attached hydrogen (secondary N) is 1. The van der Waals surface area contributed by atoms with Crippen molar-refractivity contribution in [3.05, 3.63) is 64.7 Å². The number of benzene rings is 2. The molecule has 0 unspecified atom stereocenters. The van der Waals surface area contributed by atoms with E-state index in [2.05, 4.69) is 33.3 Å². The molecule has 0 aliphatic carbocycles. The Morgan fingerprint density at radius 2 is 1.90 bits per heavy atom. The molecule has 0 radical (unpaired) electrons. The lowest BCUT2D eigenvalue weighted by Crippen LogP contribution is -2.46. The number of hydrogen-bond acceptors (Lipinski definition) is 4. The number of nitrogens with zero attached hydrogens (tertiary/aromatic N) is 2. The number of hydrogen-bond donors (Lipinski definition) is 1. The predicted molar refractivity (Wildman–Crippen MR) is 117 cm³/mol. The van der Waals surface area contributed by atoms with Gasteiger partial charge in [-0.1, -0.05) is 23.7 Å². The molecule has 1 atom stereocenters. The number of rotatable bonds is 6. The zero-order valence-electron chi connectivity index (χ0n) is 16.6. The fourth-order valence-corrected chi connectivity index (χ4v) is 4.13. The van der Waals surface area contributed by atoms with Crippen LogP contribution in [0.25, 0.3) is 0 Å². The van der Waals surface area contributed by atoms with Crippen LogP contribution in [0.1, 0.15) is 28.8 Å². The topological polar surface area (TPSA) is 44.8 Å². The number of ether oxygens (including phenoxy) is 1. The van der Waals surface area contributed by atoms with Gasteiger partial charge in [0.2, 0.25) is 0 Å². The largest absolute Gasteiger partial charge is 0.376 e. The van der Waals surface area contributed by atoms with Crippen LogP contribution in [0.3, 0.4) is 0 Å². The Kier molecular flexibility index (Phi) is 6.70. The van der Waals surface area contributed by atoms with Gasteiger partial charge in [0.25, 0.3) is 5.91 Å². The second-order valence-electron chi connectivity index (χ2n) is 7.79. The van der Waals surface area contributed by atoms with E-state index in [1.165, 1.54) is 11.3 Å². The number of halogens is 1. The molecule has 1 amide bonds. The first-order valence-corrected chi connectivity index (χ1v) is 10.8. The highest BCUT2D eigenvalue weighted by molar-refractivity contribution is 6.30. The van der Waals surface area contributed by atoms with Crippen molar-refractivity contribution in [2.75, 3.05) is 44.2 Å². The second-order valence-corrected chi connectivity index (χ2v) is 8.22. The van der Waals surface area contributed by atoms with Crippen LogP contribution < -0.4 is 10.2 Å². The molecule has 154 valence electrons. The molecule has 2 aliphatic heterocycles. The molecular weight excluding hydrogens is 386 g/mol. The van der Waals surface area contributed by atoms with Crippen molar-refractivity contribution >= 4 is 23.2 Å². The molecule has 1 N–H and O–H groups in total. The standard InChI is InChI=1S/C23H28ClN3O2/c24-20-6-8-21(9-7-20)27-12-10-26(11-13-27)17-18-3-1-4-19(15-18)23(28)25-16-22-5-2-14-29-22/h1,3-4,6-9,15,22H,2,5,10-14,16-17H2,(H,25,28)/t22-/m0/s1. The van der Waals surface area contributed by atoms with E-state index in [9.17, 15) is 4.79 Å². The molecule has 4 rings (SSSR count). The van der Waals surface area contributed by atoms with Gasteiger partial charge in [-0.2, -0.15) is 0 Å². The van der Waals surface area contributed by atoms with E-state index in [4.69, 9.17) is 16.3 Å². The van der Waals surface area contributed by atoms with Crippen LogP contribution in [0, 0.1) is 0 Å². The Hall–Kier alpha value is -2.08. The lowest BCUT2D eigenvalue weighted by molar-refractivity contribution is 0.0857. The third kappa shape index (κ3) is 5.50. The summed E-state index contributed by atoms with van der Waals surface area (Å²) in [5.74, 6) is -0.0186. The molecule has 2 aromatic rings. The molecule has 2 heterocycles. The third-order valence-electron chi connectivity index (χ3n) is 5.67. The zero-order valence-corrected chi connectivity index (χ0v) is 17.4. The van der Waals surface area contributed by atoms with Crippen molar-refractivity contribution in [3.63, 3.8) is 0 Å². The van der Waals surface area contributed by atoms with E-state index in [1.807, 2.05) is 30.3 Å². The highest BCUT2D eigenvalue weighted by Gasteiger charge is 2.19. The molecule has 0 aromatic heterocycles. The SMILES string of the molecule is O=C(NC[C@@H]1CCCO1)c1cccc(CN2CCN(c3ccc(Cl)cc3)CC2)c1. The van der Waals surface area contributed by atoms with Gasteiger partial charge in [0.1, 0.15) is 0 Å². The lowest BCUT2D eigenvalue weighted by atomic mass is 10.1. The van der Waals surface area contributed by atoms with Crippen LogP contribution in [-0.2, 0) is 11.3 Å². The minimum absolute atomic E-state index is 0.0186. The number of carbonyl (C=O) groups is 1. The Labute approximate surface area is 177 Å². The van der Waals surface area contributed by atoms with E-state index in [0.29, 0.717) is 6.54 Å². The molecule has 29 heavy (non-hydrogen) atoms. The molecule has 0 bridgehead atoms. The van der Waals surface area contributed by atoms with Crippen molar-refractivity contribution in [2.24, 2.45) is 0 Å². The van der Waals surface area contributed by atoms with Crippen molar-refractivity contribution < 1.29 is 9.53 Å². The average molecular weight is 414 g/mol. The van der Waals surface area contributed by atoms with Crippen LogP contribution in [0.15, 0.2) is 48.5 Å². The van der Waals surface area contributed by atoms with Crippen LogP contribution in [0.4, 0.5) is 5.69 Å². The van der Waals surface area contributed by atoms with Gasteiger partial charge in [0.15, 0.2) is 0 Å². The molecular formula is C23H28ClN3O2. The van der Waals surface area contributed by atoms with Crippen molar-refractivity contribution in [3.8, 4) is 0 Å². The maximum absolute atomic E-state index is 12.5. The van der Waals surface area contributed by atoms with E-state index in [-0.39, 0.29) is 12.0 Å². The minimum Gasteiger partial charge on any atom is -0.376 e. The van der Waals surface area contributed by atoms with Crippen LogP contribution in [0.2, 0.25) is 5.02 Å². The summed E-state index contributed by atoms with van der Waals surface area (Å²) in [6.07, 6.45) is 2.28. The lowest BCUT2D eigenvalue weighted by Gasteiger charge is -2.36. The maximum atomic E-state index is 12.5. The van der Waals surface area contributed by atoms with Gasteiger partial charge in [-0.05, 0) is 54.8 Å². The number of piperazine rings is 1. The van der Waals surface area contributed by atoms with Crippen molar-refractivity contribution in [2.45, 2.75) is 25.5 Å². The number of anilines is 1.